The third kappa shape index (κ3) is 3.57. The van der Waals surface area contributed by atoms with Gasteiger partial charge < -0.3 is 10.5 Å². The molecule has 6 heteroatoms. The second-order valence-corrected chi connectivity index (χ2v) is 6.76. The molecule has 1 unspecified atom stereocenters. The lowest BCUT2D eigenvalue weighted by Crippen LogP contribution is -2.21. The molecule has 102 valence electrons. The summed E-state index contributed by atoms with van der Waals surface area (Å²) in [5.74, 6) is 6.88. The van der Waals surface area contributed by atoms with Gasteiger partial charge in [-0.25, -0.2) is 15.8 Å². The fourth-order valence-corrected chi connectivity index (χ4v) is 2.18. The highest BCUT2D eigenvalue weighted by Crippen LogP contribution is 2.30. The Balaban J connectivity index is 3.23. The van der Waals surface area contributed by atoms with Gasteiger partial charge in [-0.1, -0.05) is 27.7 Å². The molecular weight excluding hydrogens is 248 g/mol. The van der Waals surface area contributed by atoms with E-state index in [4.69, 9.17) is 10.9 Å². The summed E-state index contributed by atoms with van der Waals surface area (Å²) < 4.78 is 0. The smallest absolute Gasteiger partial charge is 0.147 e. The summed E-state index contributed by atoms with van der Waals surface area (Å²) in [6.45, 7) is 10.2. The first-order chi connectivity index (χ1) is 8.29. The first-order valence-corrected chi connectivity index (χ1v) is 6.80. The molecule has 1 atom stereocenters. The summed E-state index contributed by atoms with van der Waals surface area (Å²) in [4.78, 5) is 9.02. The number of aliphatic hydroxyl groups excluding tert-OH is 1. The van der Waals surface area contributed by atoms with E-state index >= 15 is 0 Å². The van der Waals surface area contributed by atoms with Crippen LogP contribution in [0.15, 0.2) is 5.03 Å². The Morgan fingerprint density at radius 1 is 1.39 bits per heavy atom. The van der Waals surface area contributed by atoms with Crippen LogP contribution in [0.5, 0.6) is 0 Å². The number of aromatic nitrogens is 2. The predicted octanol–water partition coefficient (Wildman–Crippen LogP) is 1.84. The fraction of sp³-hybridized carbons (Fsp3) is 0.667. The van der Waals surface area contributed by atoms with Gasteiger partial charge in [0.1, 0.15) is 16.7 Å². The maximum atomic E-state index is 9.14. The molecule has 0 amide bonds. The summed E-state index contributed by atoms with van der Waals surface area (Å²) in [6, 6.07) is 0. The van der Waals surface area contributed by atoms with Gasteiger partial charge in [0.05, 0.1) is 6.61 Å². The Morgan fingerprint density at radius 2 is 2.00 bits per heavy atom. The van der Waals surface area contributed by atoms with Gasteiger partial charge in [-0.05, 0) is 6.92 Å². The van der Waals surface area contributed by atoms with Gasteiger partial charge in [0.15, 0.2) is 0 Å². The van der Waals surface area contributed by atoms with Crippen LogP contribution in [0.3, 0.4) is 0 Å². The molecular formula is C12H22N4OS. The van der Waals surface area contributed by atoms with Gasteiger partial charge >= 0.3 is 0 Å². The average Bonchev–Trinajstić information content (AvgIpc) is 2.30. The van der Waals surface area contributed by atoms with Crippen molar-refractivity contribution in [1.82, 2.24) is 9.97 Å². The van der Waals surface area contributed by atoms with Crippen molar-refractivity contribution in [2.45, 2.75) is 50.3 Å². The van der Waals surface area contributed by atoms with E-state index in [-0.39, 0.29) is 17.3 Å². The topological polar surface area (TPSA) is 84.1 Å². The van der Waals surface area contributed by atoms with Gasteiger partial charge in [0.2, 0.25) is 0 Å². The number of hydrogen-bond donors (Lipinski definition) is 3. The van der Waals surface area contributed by atoms with E-state index in [1.54, 1.807) is 0 Å². The summed E-state index contributed by atoms with van der Waals surface area (Å²) in [5.41, 5.74) is 3.38. The largest absolute Gasteiger partial charge is 0.395 e. The second-order valence-electron chi connectivity index (χ2n) is 5.33. The number of hydrogen-bond acceptors (Lipinski definition) is 6. The molecule has 5 nitrogen and oxygen atoms in total. The average molecular weight is 270 g/mol. The molecule has 18 heavy (non-hydrogen) atoms. The van der Waals surface area contributed by atoms with Crippen LogP contribution in [0.2, 0.25) is 0 Å². The standard InChI is InChI=1S/C12H22N4OS/c1-7(6-17)18-10-8(2)9(16-13)14-11(15-10)12(3,4)5/h7,17H,6,13H2,1-5H3,(H,14,15,16). The minimum Gasteiger partial charge on any atom is -0.395 e. The monoisotopic (exact) mass is 270 g/mol. The molecule has 0 saturated heterocycles. The van der Waals surface area contributed by atoms with Crippen molar-refractivity contribution >= 4 is 17.6 Å². The minimum absolute atomic E-state index is 0.0945. The van der Waals surface area contributed by atoms with Crippen molar-refractivity contribution in [3.63, 3.8) is 0 Å². The fourth-order valence-electron chi connectivity index (χ4n) is 1.31. The number of hydrazine groups is 1. The number of nitrogen functional groups attached to an aromatic ring is 1. The number of aliphatic hydroxyl groups is 1. The molecule has 1 aromatic rings. The van der Waals surface area contributed by atoms with Crippen LogP contribution in [0.1, 0.15) is 39.1 Å². The lowest BCUT2D eigenvalue weighted by molar-refractivity contribution is 0.300. The summed E-state index contributed by atoms with van der Waals surface area (Å²) in [7, 11) is 0. The molecule has 1 aromatic heterocycles. The molecule has 0 aliphatic carbocycles. The summed E-state index contributed by atoms with van der Waals surface area (Å²) in [6.07, 6.45) is 0. The van der Waals surface area contributed by atoms with E-state index in [2.05, 4.69) is 36.2 Å². The summed E-state index contributed by atoms with van der Waals surface area (Å²) >= 11 is 1.53. The van der Waals surface area contributed by atoms with Crippen LogP contribution < -0.4 is 11.3 Å². The van der Waals surface area contributed by atoms with Crippen LogP contribution >= 0.6 is 11.8 Å². The third-order valence-electron chi connectivity index (χ3n) is 2.48. The van der Waals surface area contributed by atoms with Crippen molar-refractivity contribution in [3.05, 3.63) is 11.4 Å². The molecule has 1 rings (SSSR count). The summed E-state index contributed by atoms with van der Waals surface area (Å²) in [5, 5.41) is 10.1. The number of anilines is 1. The molecule has 0 spiro atoms. The molecule has 4 N–H and O–H groups in total. The zero-order valence-corrected chi connectivity index (χ0v) is 12.4. The molecule has 0 radical (unpaired) electrons. The van der Waals surface area contributed by atoms with E-state index in [0.717, 1.165) is 16.4 Å². The van der Waals surface area contributed by atoms with Crippen molar-refractivity contribution in [2.24, 2.45) is 5.84 Å². The van der Waals surface area contributed by atoms with Crippen molar-refractivity contribution in [2.75, 3.05) is 12.0 Å². The first-order valence-electron chi connectivity index (χ1n) is 5.92. The number of thioether (sulfide) groups is 1. The molecule has 0 saturated carbocycles. The highest BCUT2D eigenvalue weighted by atomic mass is 32.2. The predicted molar refractivity (Wildman–Crippen MR) is 75.7 cm³/mol. The SMILES string of the molecule is Cc1c(NN)nc(C(C)(C)C)nc1SC(C)CO. The van der Waals surface area contributed by atoms with Crippen molar-refractivity contribution in [3.8, 4) is 0 Å². The lowest BCUT2D eigenvalue weighted by atomic mass is 9.95. The molecule has 1 heterocycles. The van der Waals surface area contributed by atoms with Gasteiger partial charge in [-0.3, -0.25) is 0 Å². The zero-order valence-electron chi connectivity index (χ0n) is 11.6. The van der Waals surface area contributed by atoms with Crippen LogP contribution in [-0.2, 0) is 5.41 Å². The molecule has 0 aromatic carbocycles. The number of nitrogens with two attached hydrogens (primary N) is 1. The van der Waals surface area contributed by atoms with Crippen molar-refractivity contribution < 1.29 is 5.11 Å². The lowest BCUT2D eigenvalue weighted by Gasteiger charge is -2.20. The van der Waals surface area contributed by atoms with Crippen molar-refractivity contribution in [1.29, 1.82) is 0 Å². The van der Waals surface area contributed by atoms with E-state index < -0.39 is 0 Å². The third-order valence-corrected chi connectivity index (χ3v) is 3.65. The van der Waals surface area contributed by atoms with Crippen LogP contribution in [0.25, 0.3) is 0 Å². The van der Waals surface area contributed by atoms with Crippen LogP contribution in [0, 0.1) is 6.92 Å². The van der Waals surface area contributed by atoms with Crippen LogP contribution in [0.4, 0.5) is 5.82 Å². The normalized spacial score (nSPS) is 13.5. The molecule has 0 aliphatic rings. The highest BCUT2D eigenvalue weighted by molar-refractivity contribution is 7.99. The van der Waals surface area contributed by atoms with Gasteiger partial charge in [0, 0.05) is 16.2 Å². The maximum Gasteiger partial charge on any atom is 0.147 e. The minimum atomic E-state index is -0.142. The Kier molecular flexibility index (Phi) is 4.95. The van der Waals surface area contributed by atoms with Gasteiger partial charge in [-0.2, -0.15) is 0 Å². The van der Waals surface area contributed by atoms with Gasteiger partial charge in [0.25, 0.3) is 0 Å². The maximum absolute atomic E-state index is 9.14. The number of rotatable bonds is 4. The number of nitrogens with zero attached hydrogens (tertiary/aromatic N) is 2. The Bertz CT molecular complexity index is 417. The first kappa shape index (κ1) is 15.2. The zero-order chi connectivity index (χ0) is 13.9. The van der Waals surface area contributed by atoms with Crippen LogP contribution in [-0.4, -0.2) is 26.9 Å². The molecule has 0 bridgehead atoms. The van der Waals surface area contributed by atoms with E-state index in [0.29, 0.717) is 5.82 Å². The van der Waals surface area contributed by atoms with Gasteiger partial charge in [-0.15, -0.1) is 11.8 Å². The van der Waals surface area contributed by atoms with E-state index in [1.165, 1.54) is 11.8 Å². The Morgan fingerprint density at radius 3 is 2.44 bits per heavy atom. The Labute approximate surface area is 113 Å². The quantitative estimate of drug-likeness (QED) is 0.335. The molecule has 0 aliphatic heterocycles. The van der Waals surface area contributed by atoms with E-state index in [9.17, 15) is 0 Å². The highest BCUT2D eigenvalue weighted by Gasteiger charge is 2.21. The number of nitrogens with one attached hydrogen (secondary N) is 1. The second kappa shape index (κ2) is 5.86. The Hall–Kier alpha value is -0.850. The van der Waals surface area contributed by atoms with E-state index in [1.807, 2.05) is 13.8 Å². The molecule has 0 fully saturated rings.